The second-order valence-corrected chi connectivity index (χ2v) is 10.3. The van der Waals surface area contributed by atoms with E-state index in [2.05, 4.69) is 115 Å². The van der Waals surface area contributed by atoms with Gasteiger partial charge in [0.15, 0.2) is 0 Å². The fraction of sp³-hybridized carbons (Fsp3) is 0.188. The quantitative estimate of drug-likeness (QED) is 0.217. The van der Waals surface area contributed by atoms with Gasteiger partial charge in [-0.15, -0.1) is 39.7 Å². The SMILES string of the molecule is [Cl-].[Cl-].[NH-]C(=O)C1CCCCC1.[Zr+4].c1ccc([Si]c2ccccc2)cc1.c1ccc2c(c1)[cH-]c1ccccc12. The Morgan fingerprint density at radius 3 is 1.42 bits per heavy atom. The van der Waals surface area contributed by atoms with Crippen molar-refractivity contribution in [3.63, 3.8) is 0 Å². The van der Waals surface area contributed by atoms with E-state index in [0.717, 1.165) is 35.2 Å². The topological polar surface area (TPSA) is 40.9 Å². The molecule has 0 bridgehead atoms. The average Bonchev–Trinajstić information content (AvgIpc) is 3.30. The molecule has 1 fully saturated rings. The molecule has 2 nitrogen and oxygen atoms in total. The van der Waals surface area contributed by atoms with Gasteiger partial charge in [-0.2, -0.15) is 0 Å². The molecule has 38 heavy (non-hydrogen) atoms. The first-order valence-electron chi connectivity index (χ1n) is 12.4. The molecule has 0 atom stereocenters. The van der Waals surface area contributed by atoms with Crippen molar-refractivity contribution < 1.29 is 55.8 Å². The van der Waals surface area contributed by atoms with E-state index in [4.69, 9.17) is 5.73 Å². The van der Waals surface area contributed by atoms with Crippen molar-refractivity contribution >= 4 is 47.3 Å². The van der Waals surface area contributed by atoms with Crippen LogP contribution < -0.4 is 35.2 Å². The Morgan fingerprint density at radius 1 is 0.632 bits per heavy atom. The van der Waals surface area contributed by atoms with Crippen molar-refractivity contribution in [1.29, 1.82) is 0 Å². The maximum Gasteiger partial charge on any atom is 4.00 e. The van der Waals surface area contributed by atoms with Crippen LogP contribution in [0.3, 0.4) is 0 Å². The van der Waals surface area contributed by atoms with Crippen LogP contribution in [0.4, 0.5) is 0 Å². The van der Waals surface area contributed by atoms with Crippen molar-refractivity contribution in [2.24, 2.45) is 5.92 Å². The number of fused-ring (bicyclic) bond motifs is 3. The summed E-state index contributed by atoms with van der Waals surface area (Å²) in [5, 5.41) is 8.19. The second kappa shape index (κ2) is 18.2. The van der Waals surface area contributed by atoms with Crippen LogP contribution in [0.1, 0.15) is 32.1 Å². The number of hydrogen-bond donors (Lipinski definition) is 0. The van der Waals surface area contributed by atoms with Crippen LogP contribution in [0.5, 0.6) is 0 Å². The fourth-order valence-corrected chi connectivity index (χ4v) is 5.53. The number of nitrogens with one attached hydrogen (secondary N) is 1. The molecule has 1 saturated carbocycles. The van der Waals surface area contributed by atoms with Gasteiger partial charge in [0.25, 0.3) is 0 Å². The van der Waals surface area contributed by atoms with Crippen molar-refractivity contribution in [3.8, 4) is 0 Å². The van der Waals surface area contributed by atoms with Gasteiger partial charge in [-0.3, -0.25) is 0 Å². The van der Waals surface area contributed by atoms with Crippen LogP contribution in [0, 0.1) is 5.92 Å². The monoisotopic (exact) mass is 633 g/mol. The Balaban J connectivity index is 0.000000279. The fourth-order valence-electron chi connectivity index (χ4n) is 4.48. The van der Waals surface area contributed by atoms with Gasteiger partial charge in [-0.25, -0.2) is 0 Å². The molecule has 0 saturated heterocycles. The maximum absolute atomic E-state index is 10.5. The van der Waals surface area contributed by atoms with E-state index >= 15 is 0 Å². The molecule has 1 aliphatic carbocycles. The first-order valence-corrected chi connectivity index (χ1v) is 13.4. The van der Waals surface area contributed by atoms with Crippen molar-refractivity contribution in [2.45, 2.75) is 32.1 Å². The molecule has 1 amide bonds. The van der Waals surface area contributed by atoms with E-state index in [0.29, 0.717) is 0 Å². The normalized spacial score (nSPS) is 12.3. The van der Waals surface area contributed by atoms with Gasteiger partial charge in [-0.1, -0.05) is 127 Å². The van der Waals surface area contributed by atoms with Crippen molar-refractivity contribution in [2.75, 3.05) is 0 Å². The zero-order chi connectivity index (χ0) is 24.3. The molecule has 0 unspecified atom stereocenters. The number of carbonyl (C=O) groups is 1. The third kappa shape index (κ3) is 10.2. The van der Waals surface area contributed by atoms with Gasteiger partial charge in [0, 0.05) is 5.92 Å². The van der Waals surface area contributed by atoms with Gasteiger partial charge >= 0.3 is 26.2 Å². The standard InChI is InChI=1S/C13H9.C12H10Si.C7H13NO.2ClH.Zr/c1-3-7-12-10(5-1)9-11-6-2-4-8-13(11)12;1-3-7-11(8-4-1)13-12-9-5-2-6-10-12;8-7(9)6-4-2-1-3-5-6;;;/h1-9H;1-10H;6H,1-5H2,(H2,8,9);2*1H;/q-1;;;;;+4/p-3. The average molecular weight is 636 g/mol. The number of rotatable bonds is 3. The smallest absolute Gasteiger partial charge is 1.00 e. The van der Waals surface area contributed by atoms with Gasteiger partial charge in [0.1, 0.15) is 9.52 Å². The Hall–Kier alpha value is -2.10. The largest absolute Gasteiger partial charge is 4.00 e. The summed E-state index contributed by atoms with van der Waals surface area (Å²) in [5.74, 6) is -0.270. The van der Waals surface area contributed by atoms with Gasteiger partial charge in [0.05, 0.1) is 5.91 Å². The van der Waals surface area contributed by atoms with Crippen LogP contribution in [0.25, 0.3) is 27.3 Å². The molecule has 0 aromatic heterocycles. The zero-order valence-corrected chi connectivity index (χ0v) is 26.2. The molecule has 0 spiro atoms. The summed E-state index contributed by atoms with van der Waals surface area (Å²) in [7, 11) is 0.777. The van der Waals surface area contributed by atoms with E-state index < -0.39 is 0 Å². The Kier molecular flexibility index (Phi) is 16.3. The summed E-state index contributed by atoms with van der Waals surface area (Å²) in [6, 6.07) is 40.4. The van der Waals surface area contributed by atoms with Crippen LogP contribution in [-0.4, -0.2) is 15.4 Å². The zero-order valence-electron chi connectivity index (χ0n) is 21.2. The molecular formula is C32H31Cl2NOSiZr. The number of benzene rings is 4. The van der Waals surface area contributed by atoms with Crippen LogP contribution in [0.2, 0.25) is 0 Å². The Morgan fingerprint density at radius 2 is 1.03 bits per heavy atom. The summed E-state index contributed by atoms with van der Waals surface area (Å²) >= 11 is 0. The minimum absolute atomic E-state index is 0. The molecular weight excluding hydrogens is 605 g/mol. The Bertz CT molecular complexity index is 1250. The second-order valence-electron chi connectivity index (χ2n) is 8.88. The molecule has 0 heterocycles. The molecule has 1 N–H and O–H groups in total. The van der Waals surface area contributed by atoms with Crippen LogP contribution in [0.15, 0.2) is 115 Å². The minimum atomic E-state index is -0.352. The summed E-state index contributed by atoms with van der Waals surface area (Å²) in [4.78, 5) is 10.5. The van der Waals surface area contributed by atoms with Crippen LogP contribution in [-0.2, 0) is 31.0 Å². The number of carbonyl (C=O) groups excluding carboxylic acids is 1. The molecule has 5 aromatic carbocycles. The molecule has 192 valence electrons. The molecule has 6 heteroatoms. The number of hydrogen-bond acceptors (Lipinski definition) is 1. The Labute approximate surface area is 260 Å². The number of halogens is 2. The molecule has 1 aliphatic rings. The summed E-state index contributed by atoms with van der Waals surface area (Å²) in [5.41, 5.74) is 6.83. The maximum atomic E-state index is 10.5. The molecule has 2 radical (unpaired) electrons. The number of amides is 1. The van der Waals surface area contributed by atoms with Gasteiger partial charge < -0.3 is 35.3 Å². The van der Waals surface area contributed by atoms with Crippen molar-refractivity contribution in [3.05, 3.63) is 121 Å². The van der Waals surface area contributed by atoms with E-state index in [1.54, 1.807) is 0 Å². The first kappa shape index (κ1) is 33.9. The van der Waals surface area contributed by atoms with Gasteiger partial charge in [0.2, 0.25) is 0 Å². The first-order chi connectivity index (χ1) is 17.2. The summed E-state index contributed by atoms with van der Waals surface area (Å²) in [6.07, 6.45) is 5.47. The molecule has 6 rings (SSSR count). The molecule has 0 aliphatic heterocycles. The van der Waals surface area contributed by atoms with E-state index in [9.17, 15) is 4.79 Å². The summed E-state index contributed by atoms with van der Waals surface area (Å²) in [6.45, 7) is 0. The van der Waals surface area contributed by atoms with Crippen LogP contribution >= 0.6 is 0 Å². The van der Waals surface area contributed by atoms with E-state index in [1.165, 1.54) is 38.3 Å². The van der Waals surface area contributed by atoms with Crippen molar-refractivity contribution in [1.82, 2.24) is 0 Å². The summed E-state index contributed by atoms with van der Waals surface area (Å²) < 4.78 is 0. The van der Waals surface area contributed by atoms with E-state index in [-0.39, 0.29) is 62.8 Å². The third-order valence-electron chi connectivity index (χ3n) is 6.33. The minimum Gasteiger partial charge on any atom is -1.00 e. The van der Waals surface area contributed by atoms with E-state index in [1.807, 2.05) is 0 Å². The predicted molar refractivity (Wildman–Crippen MR) is 151 cm³/mol. The van der Waals surface area contributed by atoms with Gasteiger partial charge in [-0.05, 0) is 12.8 Å². The molecule has 5 aromatic rings. The third-order valence-corrected chi connectivity index (χ3v) is 7.58. The predicted octanol–water partition coefficient (Wildman–Crippen LogP) is 1.20.